The molecule has 110 valence electrons. The summed E-state index contributed by atoms with van der Waals surface area (Å²) >= 11 is 6.33. The summed E-state index contributed by atoms with van der Waals surface area (Å²) < 4.78 is 5.73. The van der Waals surface area contributed by atoms with Crippen LogP contribution in [-0.4, -0.2) is 30.0 Å². The van der Waals surface area contributed by atoms with Crippen molar-refractivity contribution < 1.29 is 9.53 Å². The molecule has 1 aliphatic carbocycles. The minimum absolute atomic E-state index is 0.0168. The molecule has 6 unspecified atom stereocenters. The molecular formula is C15H26ClNO2. The molecule has 0 radical (unpaired) electrons. The molecule has 2 rings (SSSR count). The van der Waals surface area contributed by atoms with Crippen LogP contribution < -0.4 is 5.32 Å². The van der Waals surface area contributed by atoms with Crippen molar-refractivity contribution in [2.24, 2.45) is 17.8 Å². The Morgan fingerprint density at radius 2 is 1.89 bits per heavy atom. The predicted octanol–water partition coefficient (Wildman–Crippen LogP) is 2.96. The molecular weight excluding hydrogens is 262 g/mol. The lowest BCUT2D eigenvalue weighted by Crippen LogP contribution is -2.41. The Bertz CT molecular complexity index is 323. The highest BCUT2D eigenvalue weighted by Crippen LogP contribution is 2.33. The Balaban J connectivity index is 1.84. The summed E-state index contributed by atoms with van der Waals surface area (Å²) in [6.07, 6.45) is 4.86. The van der Waals surface area contributed by atoms with Gasteiger partial charge in [-0.2, -0.15) is 0 Å². The van der Waals surface area contributed by atoms with Gasteiger partial charge in [0.2, 0.25) is 5.91 Å². The summed E-state index contributed by atoms with van der Waals surface area (Å²) in [6.45, 7) is 6.86. The molecule has 19 heavy (non-hydrogen) atoms. The molecule has 1 amide bonds. The van der Waals surface area contributed by atoms with E-state index in [1.807, 2.05) is 13.8 Å². The fourth-order valence-electron chi connectivity index (χ4n) is 3.46. The third kappa shape index (κ3) is 3.43. The fourth-order valence-corrected chi connectivity index (χ4v) is 3.83. The molecule has 0 aromatic carbocycles. The standard InChI is InChI=1S/C15H26ClNO2/c1-9-10(2)19-11(3)14(9)15(18)17-8-12-6-4-5-7-13(12)16/h9-14H,4-8H2,1-3H3,(H,17,18). The van der Waals surface area contributed by atoms with Gasteiger partial charge in [-0.25, -0.2) is 0 Å². The van der Waals surface area contributed by atoms with Gasteiger partial charge in [0.05, 0.1) is 18.1 Å². The molecule has 1 aliphatic heterocycles. The lowest BCUT2D eigenvalue weighted by Gasteiger charge is -2.28. The second kappa shape index (κ2) is 6.45. The van der Waals surface area contributed by atoms with E-state index in [0.29, 0.717) is 5.92 Å². The van der Waals surface area contributed by atoms with Crippen LogP contribution in [0.2, 0.25) is 0 Å². The first-order chi connectivity index (χ1) is 9.00. The Morgan fingerprint density at radius 1 is 1.21 bits per heavy atom. The highest BCUT2D eigenvalue weighted by Gasteiger charge is 2.41. The van der Waals surface area contributed by atoms with Crippen molar-refractivity contribution >= 4 is 17.5 Å². The van der Waals surface area contributed by atoms with Gasteiger partial charge >= 0.3 is 0 Å². The van der Waals surface area contributed by atoms with Crippen LogP contribution in [0, 0.1) is 17.8 Å². The maximum absolute atomic E-state index is 12.3. The van der Waals surface area contributed by atoms with E-state index in [1.165, 1.54) is 12.8 Å². The summed E-state index contributed by atoms with van der Waals surface area (Å²) in [6, 6.07) is 0. The molecule has 4 heteroatoms. The second-order valence-corrected chi connectivity index (χ2v) is 6.80. The van der Waals surface area contributed by atoms with E-state index < -0.39 is 0 Å². The van der Waals surface area contributed by atoms with Gasteiger partial charge in [-0.05, 0) is 38.5 Å². The van der Waals surface area contributed by atoms with Crippen LogP contribution in [0.25, 0.3) is 0 Å². The van der Waals surface area contributed by atoms with Crippen LogP contribution in [0.1, 0.15) is 46.5 Å². The van der Waals surface area contributed by atoms with Gasteiger partial charge in [-0.15, -0.1) is 11.6 Å². The van der Waals surface area contributed by atoms with Gasteiger partial charge in [0.1, 0.15) is 0 Å². The van der Waals surface area contributed by atoms with Gasteiger partial charge in [0.25, 0.3) is 0 Å². The maximum atomic E-state index is 12.3. The highest BCUT2D eigenvalue weighted by atomic mass is 35.5. The average molecular weight is 288 g/mol. The predicted molar refractivity (Wildman–Crippen MR) is 77.3 cm³/mol. The molecule has 0 aromatic heterocycles. The first-order valence-electron chi connectivity index (χ1n) is 7.58. The van der Waals surface area contributed by atoms with E-state index in [9.17, 15) is 4.79 Å². The number of ether oxygens (including phenoxy) is 1. The number of amides is 1. The monoisotopic (exact) mass is 287 g/mol. The quantitative estimate of drug-likeness (QED) is 0.811. The zero-order valence-electron chi connectivity index (χ0n) is 12.2. The number of halogens is 1. The Labute approximate surface area is 121 Å². The number of nitrogens with one attached hydrogen (secondary N) is 1. The van der Waals surface area contributed by atoms with Crippen LogP contribution >= 0.6 is 11.6 Å². The molecule has 2 fully saturated rings. The molecule has 1 saturated carbocycles. The summed E-state index contributed by atoms with van der Waals surface area (Å²) in [5.74, 6) is 0.837. The zero-order valence-corrected chi connectivity index (χ0v) is 13.0. The molecule has 6 atom stereocenters. The smallest absolute Gasteiger partial charge is 0.226 e. The van der Waals surface area contributed by atoms with E-state index in [0.717, 1.165) is 19.4 Å². The minimum atomic E-state index is -0.0210. The Kier molecular flexibility index (Phi) is 5.13. The first kappa shape index (κ1) is 15.1. The molecule has 3 nitrogen and oxygen atoms in total. The van der Waals surface area contributed by atoms with Crippen LogP contribution in [0.5, 0.6) is 0 Å². The van der Waals surface area contributed by atoms with Crippen LogP contribution in [-0.2, 0) is 9.53 Å². The molecule has 0 spiro atoms. The van der Waals surface area contributed by atoms with Gasteiger partial charge in [0, 0.05) is 11.9 Å². The van der Waals surface area contributed by atoms with E-state index in [1.54, 1.807) is 0 Å². The number of carbonyl (C=O) groups excluding carboxylic acids is 1. The number of rotatable bonds is 3. The van der Waals surface area contributed by atoms with E-state index in [2.05, 4.69) is 12.2 Å². The third-order valence-corrected chi connectivity index (χ3v) is 5.47. The molecule has 1 saturated heterocycles. The van der Waals surface area contributed by atoms with Gasteiger partial charge in [0.15, 0.2) is 0 Å². The molecule has 2 aliphatic rings. The third-order valence-electron chi connectivity index (χ3n) is 4.90. The molecule has 1 N–H and O–H groups in total. The maximum Gasteiger partial charge on any atom is 0.226 e. The number of hydrogen-bond donors (Lipinski definition) is 1. The first-order valence-corrected chi connectivity index (χ1v) is 8.01. The molecule has 0 bridgehead atoms. The van der Waals surface area contributed by atoms with Gasteiger partial charge in [-0.1, -0.05) is 19.8 Å². The van der Waals surface area contributed by atoms with Crippen molar-refractivity contribution in [1.82, 2.24) is 5.32 Å². The Hall–Kier alpha value is -0.280. The number of carbonyl (C=O) groups is 1. The van der Waals surface area contributed by atoms with E-state index in [-0.39, 0.29) is 35.3 Å². The summed E-state index contributed by atoms with van der Waals surface area (Å²) in [4.78, 5) is 12.3. The topological polar surface area (TPSA) is 38.3 Å². The summed E-state index contributed by atoms with van der Waals surface area (Å²) in [5, 5.41) is 3.33. The summed E-state index contributed by atoms with van der Waals surface area (Å²) in [5.41, 5.74) is 0. The zero-order chi connectivity index (χ0) is 14.0. The number of alkyl halides is 1. The lowest BCUT2D eigenvalue weighted by atomic mass is 9.87. The van der Waals surface area contributed by atoms with Crippen LogP contribution in [0.4, 0.5) is 0 Å². The normalized spacial score (nSPS) is 43.2. The largest absolute Gasteiger partial charge is 0.374 e. The minimum Gasteiger partial charge on any atom is -0.374 e. The summed E-state index contributed by atoms with van der Waals surface area (Å²) in [7, 11) is 0. The van der Waals surface area contributed by atoms with Gasteiger partial charge < -0.3 is 10.1 Å². The SMILES string of the molecule is CC1OC(C)C(C(=O)NCC2CCCCC2Cl)C1C. The van der Waals surface area contributed by atoms with Crippen molar-refractivity contribution in [2.75, 3.05) is 6.54 Å². The molecule has 0 aromatic rings. The van der Waals surface area contributed by atoms with E-state index in [4.69, 9.17) is 16.3 Å². The second-order valence-electron chi connectivity index (χ2n) is 6.24. The molecule has 1 heterocycles. The van der Waals surface area contributed by atoms with Crippen molar-refractivity contribution in [3.8, 4) is 0 Å². The van der Waals surface area contributed by atoms with Crippen molar-refractivity contribution in [2.45, 2.75) is 64.0 Å². The highest BCUT2D eigenvalue weighted by molar-refractivity contribution is 6.20. The van der Waals surface area contributed by atoms with E-state index >= 15 is 0 Å². The fraction of sp³-hybridized carbons (Fsp3) is 0.933. The van der Waals surface area contributed by atoms with Crippen molar-refractivity contribution in [1.29, 1.82) is 0 Å². The van der Waals surface area contributed by atoms with Gasteiger partial charge in [-0.3, -0.25) is 4.79 Å². The average Bonchev–Trinajstić information content (AvgIpc) is 2.62. The van der Waals surface area contributed by atoms with Crippen molar-refractivity contribution in [3.05, 3.63) is 0 Å². The lowest BCUT2D eigenvalue weighted by molar-refractivity contribution is -0.127. The van der Waals surface area contributed by atoms with Crippen LogP contribution in [0.3, 0.4) is 0 Å². The Morgan fingerprint density at radius 3 is 2.47 bits per heavy atom. The van der Waals surface area contributed by atoms with Crippen molar-refractivity contribution in [3.63, 3.8) is 0 Å². The van der Waals surface area contributed by atoms with Crippen LogP contribution in [0.15, 0.2) is 0 Å². The number of hydrogen-bond acceptors (Lipinski definition) is 2.